The first-order chi connectivity index (χ1) is 11.9. The van der Waals surface area contributed by atoms with Crippen molar-refractivity contribution >= 4 is 27.3 Å². The van der Waals surface area contributed by atoms with Gasteiger partial charge in [0, 0.05) is 17.4 Å². The van der Waals surface area contributed by atoms with Gasteiger partial charge in [-0.2, -0.15) is 0 Å². The van der Waals surface area contributed by atoms with Gasteiger partial charge < -0.3 is 10.6 Å². The molecule has 7 heteroatoms. The number of carbonyl (C=O) groups excluding carboxylic acids is 1. The zero-order valence-corrected chi connectivity index (χ0v) is 14.7. The molecule has 0 aromatic heterocycles. The Morgan fingerprint density at radius 3 is 2.16 bits per heavy atom. The minimum Gasteiger partial charge on any atom is -0.370 e. The first kappa shape index (κ1) is 17.3. The molecule has 0 unspecified atom stereocenters. The molecule has 25 heavy (non-hydrogen) atoms. The van der Waals surface area contributed by atoms with Gasteiger partial charge in [0.05, 0.1) is 6.26 Å². The molecule has 1 aliphatic carbocycles. The van der Waals surface area contributed by atoms with Gasteiger partial charge in [-0.3, -0.25) is 9.52 Å². The summed E-state index contributed by atoms with van der Waals surface area (Å²) in [7, 11) is -3.31. The molecule has 1 fully saturated rings. The molecule has 132 valence electrons. The van der Waals surface area contributed by atoms with E-state index in [4.69, 9.17) is 0 Å². The zero-order valence-electron chi connectivity index (χ0n) is 13.9. The second-order valence-electron chi connectivity index (χ2n) is 6.22. The van der Waals surface area contributed by atoms with E-state index >= 15 is 0 Å². The van der Waals surface area contributed by atoms with E-state index in [1.165, 1.54) is 0 Å². The predicted octanol–water partition coefficient (Wildman–Crippen LogP) is 2.49. The van der Waals surface area contributed by atoms with E-state index in [0.29, 0.717) is 5.69 Å². The summed E-state index contributed by atoms with van der Waals surface area (Å²) in [4.78, 5) is 12.6. The lowest BCUT2D eigenvalue weighted by molar-refractivity contribution is -0.122. The highest BCUT2D eigenvalue weighted by atomic mass is 32.2. The topological polar surface area (TPSA) is 87.3 Å². The van der Waals surface area contributed by atoms with Crippen LogP contribution < -0.4 is 15.4 Å². The van der Waals surface area contributed by atoms with Crippen LogP contribution in [0.25, 0.3) is 0 Å². The third kappa shape index (κ3) is 5.22. The van der Waals surface area contributed by atoms with E-state index in [1.807, 2.05) is 30.3 Å². The Balaban J connectivity index is 1.76. The summed E-state index contributed by atoms with van der Waals surface area (Å²) in [5, 5.41) is 6.25. The summed E-state index contributed by atoms with van der Waals surface area (Å²) in [6.07, 6.45) is 3.16. The Labute approximate surface area is 147 Å². The molecular weight excluding hydrogens is 338 g/mol. The van der Waals surface area contributed by atoms with Crippen LogP contribution in [0.1, 0.15) is 24.4 Å². The third-order valence-corrected chi connectivity index (χ3v) is 4.42. The molecule has 2 aromatic carbocycles. The lowest BCUT2D eigenvalue weighted by atomic mass is 10.1. The van der Waals surface area contributed by atoms with Crippen LogP contribution in [0.4, 0.5) is 11.4 Å². The Morgan fingerprint density at radius 1 is 1.00 bits per heavy atom. The second kappa shape index (κ2) is 7.14. The van der Waals surface area contributed by atoms with Crippen molar-refractivity contribution in [3.05, 3.63) is 60.2 Å². The number of hydrogen-bond acceptors (Lipinski definition) is 4. The molecule has 0 bridgehead atoms. The molecule has 6 nitrogen and oxygen atoms in total. The minimum absolute atomic E-state index is 0.0629. The molecule has 3 rings (SSSR count). The molecule has 0 spiro atoms. The summed E-state index contributed by atoms with van der Waals surface area (Å²) in [5.41, 5.74) is 2.09. The van der Waals surface area contributed by atoms with Gasteiger partial charge in [0.1, 0.15) is 6.04 Å². The summed E-state index contributed by atoms with van der Waals surface area (Å²) in [6, 6.07) is 16.1. The van der Waals surface area contributed by atoms with Crippen LogP contribution >= 0.6 is 0 Å². The number of nitrogens with one attached hydrogen (secondary N) is 3. The molecule has 0 heterocycles. The number of benzene rings is 2. The molecule has 0 aliphatic heterocycles. The van der Waals surface area contributed by atoms with Crippen LogP contribution in [-0.4, -0.2) is 26.6 Å². The summed E-state index contributed by atoms with van der Waals surface area (Å²) in [6.45, 7) is 0. The number of sulfonamides is 1. The molecule has 1 aliphatic rings. The van der Waals surface area contributed by atoms with Crippen molar-refractivity contribution in [2.24, 2.45) is 0 Å². The number of carbonyl (C=O) groups is 1. The number of amides is 1. The Bertz CT molecular complexity index is 832. The molecule has 1 amide bonds. The van der Waals surface area contributed by atoms with Gasteiger partial charge in [-0.15, -0.1) is 0 Å². The normalized spacial score (nSPS) is 15.2. The molecule has 0 radical (unpaired) electrons. The van der Waals surface area contributed by atoms with Crippen LogP contribution in [0.5, 0.6) is 0 Å². The summed E-state index contributed by atoms with van der Waals surface area (Å²) < 4.78 is 24.9. The summed E-state index contributed by atoms with van der Waals surface area (Å²) >= 11 is 0. The maximum Gasteiger partial charge on any atom is 0.247 e. The van der Waals surface area contributed by atoms with Crippen molar-refractivity contribution in [1.29, 1.82) is 0 Å². The quantitative estimate of drug-likeness (QED) is 0.709. The highest BCUT2D eigenvalue weighted by Crippen LogP contribution is 2.24. The van der Waals surface area contributed by atoms with Gasteiger partial charge in [-0.25, -0.2) is 8.42 Å². The van der Waals surface area contributed by atoms with Gasteiger partial charge in [-0.1, -0.05) is 30.3 Å². The van der Waals surface area contributed by atoms with Gasteiger partial charge in [0.25, 0.3) is 0 Å². The monoisotopic (exact) mass is 359 g/mol. The fourth-order valence-electron chi connectivity index (χ4n) is 2.47. The lowest BCUT2D eigenvalue weighted by Gasteiger charge is -2.20. The van der Waals surface area contributed by atoms with Gasteiger partial charge in [0.15, 0.2) is 0 Å². The van der Waals surface area contributed by atoms with Crippen LogP contribution in [0.15, 0.2) is 54.6 Å². The summed E-state index contributed by atoms with van der Waals surface area (Å²) in [5.74, 6) is -0.0629. The Morgan fingerprint density at radius 2 is 1.60 bits per heavy atom. The van der Waals surface area contributed by atoms with Crippen LogP contribution in [-0.2, 0) is 14.8 Å². The van der Waals surface area contributed by atoms with Gasteiger partial charge in [-0.05, 0) is 42.7 Å². The second-order valence-corrected chi connectivity index (χ2v) is 7.97. The molecule has 2 aromatic rings. The van der Waals surface area contributed by atoms with Crippen molar-refractivity contribution in [1.82, 2.24) is 5.32 Å². The van der Waals surface area contributed by atoms with E-state index in [-0.39, 0.29) is 11.9 Å². The van der Waals surface area contributed by atoms with E-state index < -0.39 is 16.1 Å². The molecule has 0 saturated heterocycles. The maximum absolute atomic E-state index is 12.6. The highest BCUT2D eigenvalue weighted by Gasteiger charge is 2.28. The maximum atomic E-state index is 12.6. The number of hydrogen-bond donors (Lipinski definition) is 3. The van der Waals surface area contributed by atoms with Gasteiger partial charge in [0.2, 0.25) is 15.9 Å². The average Bonchev–Trinajstić information content (AvgIpc) is 3.37. The van der Waals surface area contributed by atoms with Crippen LogP contribution in [0.2, 0.25) is 0 Å². The first-order valence-corrected chi connectivity index (χ1v) is 9.99. The van der Waals surface area contributed by atoms with Crippen molar-refractivity contribution in [3.8, 4) is 0 Å². The van der Waals surface area contributed by atoms with E-state index in [0.717, 1.165) is 30.3 Å². The Kier molecular flexibility index (Phi) is 4.94. The van der Waals surface area contributed by atoms with Crippen LogP contribution in [0, 0.1) is 0 Å². The third-order valence-electron chi connectivity index (χ3n) is 3.82. The van der Waals surface area contributed by atoms with Crippen molar-refractivity contribution in [2.75, 3.05) is 16.3 Å². The van der Waals surface area contributed by atoms with Crippen molar-refractivity contribution in [3.63, 3.8) is 0 Å². The molecule has 1 atom stereocenters. The fraction of sp³-hybridized carbons (Fsp3) is 0.278. The van der Waals surface area contributed by atoms with E-state index in [9.17, 15) is 13.2 Å². The molecule has 3 N–H and O–H groups in total. The standard InChI is InChI=1S/C18H21N3O3S/c1-25(23,24)21-16-11-9-14(10-12-16)19-17(13-5-3-2-4-6-13)18(22)20-15-7-8-15/h2-6,9-12,15,17,19,21H,7-8H2,1H3,(H,20,22)/t17-/m1/s1. The fourth-order valence-corrected chi connectivity index (χ4v) is 3.04. The number of anilines is 2. The lowest BCUT2D eigenvalue weighted by Crippen LogP contribution is -2.34. The van der Waals surface area contributed by atoms with Crippen molar-refractivity contribution in [2.45, 2.75) is 24.9 Å². The largest absolute Gasteiger partial charge is 0.370 e. The van der Waals surface area contributed by atoms with E-state index in [2.05, 4.69) is 15.4 Å². The average molecular weight is 359 g/mol. The SMILES string of the molecule is CS(=O)(=O)Nc1ccc(N[C@@H](C(=O)NC2CC2)c2ccccc2)cc1. The first-order valence-electron chi connectivity index (χ1n) is 8.10. The number of rotatable bonds is 7. The Hall–Kier alpha value is -2.54. The van der Waals surface area contributed by atoms with Crippen LogP contribution in [0.3, 0.4) is 0 Å². The predicted molar refractivity (Wildman–Crippen MR) is 98.9 cm³/mol. The van der Waals surface area contributed by atoms with Gasteiger partial charge >= 0.3 is 0 Å². The highest BCUT2D eigenvalue weighted by molar-refractivity contribution is 7.92. The van der Waals surface area contributed by atoms with Crippen molar-refractivity contribution < 1.29 is 13.2 Å². The zero-order chi connectivity index (χ0) is 17.9. The minimum atomic E-state index is -3.31. The molecule has 1 saturated carbocycles. The van der Waals surface area contributed by atoms with E-state index in [1.54, 1.807) is 24.3 Å². The molecular formula is C18H21N3O3S. The smallest absolute Gasteiger partial charge is 0.247 e.